The van der Waals surface area contributed by atoms with E-state index in [9.17, 15) is 0 Å². The summed E-state index contributed by atoms with van der Waals surface area (Å²) in [7, 11) is 0. The Morgan fingerprint density at radius 3 is 2.79 bits per heavy atom. The number of thiazole rings is 1. The van der Waals surface area contributed by atoms with Gasteiger partial charge in [0, 0.05) is 17.0 Å². The van der Waals surface area contributed by atoms with E-state index < -0.39 is 0 Å². The fraction of sp³-hybridized carbons (Fsp3) is 0.182. The average molecular weight is 204 g/mol. The second-order valence-electron chi connectivity index (χ2n) is 3.12. The molecule has 0 unspecified atom stereocenters. The molecule has 1 heterocycles. The molecule has 2 N–H and O–H groups in total. The Bertz CT molecular complexity index is 434. The lowest BCUT2D eigenvalue weighted by atomic mass is 10.0. The van der Waals surface area contributed by atoms with Gasteiger partial charge in [-0.1, -0.05) is 24.3 Å². The molecule has 14 heavy (non-hydrogen) atoms. The molecule has 0 aliphatic heterocycles. The molecule has 0 radical (unpaired) electrons. The third-order valence-corrected chi connectivity index (χ3v) is 2.99. The topological polar surface area (TPSA) is 38.9 Å². The summed E-state index contributed by atoms with van der Waals surface area (Å²) < 4.78 is 0. The number of aromatic nitrogens is 1. The average Bonchev–Trinajstić information content (AvgIpc) is 2.64. The standard InChI is InChI=1S/C11H12N2S/c1-8-11(13-7-14-8)10-5-3-2-4-9(10)6-12/h2-5,7H,6,12H2,1H3. The highest BCUT2D eigenvalue weighted by atomic mass is 32.1. The molecule has 72 valence electrons. The van der Waals surface area contributed by atoms with E-state index >= 15 is 0 Å². The Kier molecular flexibility index (Phi) is 2.61. The lowest BCUT2D eigenvalue weighted by molar-refractivity contribution is 1.07. The van der Waals surface area contributed by atoms with Gasteiger partial charge in [0.1, 0.15) is 0 Å². The molecule has 3 heteroatoms. The highest BCUT2D eigenvalue weighted by molar-refractivity contribution is 7.10. The third kappa shape index (κ3) is 1.56. The molecule has 2 aromatic rings. The van der Waals surface area contributed by atoms with Crippen molar-refractivity contribution in [3.63, 3.8) is 0 Å². The van der Waals surface area contributed by atoms with Crippen LogP contribution in [0, 0.1) is 6.92 Å². The highest BCUT2D eigenvalue weighted by Gasteiger charge is 2.07. The first-order chi connectivity index (χ1) is 6.83. The van der Waals surface area contributed by atoms with Gasteiger partial charge in [-0.2, -0.15) is 0 Å². The van der Waals surface area contributed by atoms with E-state index in [1.807, 2.05) is 23.7 Å². The zero-order chi connectivity index (χ0) is 9.97. The monoisotopic (exact) mass is 204 g/mol. The zero-order valence-corrected chi connectivity index (χ0v) is 8.84. The van der Waals surface area contributed by atoms with Crippen LogP contribution < -0.4 is 5.73 Å². The molecule has 0 saturated heterocycles. The van der Waals surface area contributed by atoms with Crippen LogP contribution in [0.1, 0.15) is 10.4 Å². The molecule has 1 aromatic carbocycles. The van der Waals surface area contributed by atoms with E-state index in [4.69, 9.17) is 5.73 Å². The van der Waals surface area contributed by atoms with Gasteiger partial charge in [0.15, 0.2) is 0 Å². The van der Waals surface area contributed by atoms with Gasteiger partial charge in [0.05, 0.1) is 11.2 Å². The summed E-state index contributed by atoms with van der Waals surface area (Å²) in [5.41, 5.74) is 10.9. The van der Waals surface area contributed by atoms with E-state index in [0.29, 0.717) is 6.54 Å². The van der Waals surface area contributed by atoms with E-state index in [0.717, 1.165) is 16.8 Å². The van der Waals surface area contributed by atoms with Crippen molar-refractivity contribution in [1.29, 1.82) is 0 Å². The molecule has 0 fully saturated rings. The molecule has 0 saturated carbocycles. The number of aryl methyl sites for hydroxylation is 1. The van der Waals surface area contributed by atoms with Crippen molar-refractivity contribution in [2.45, 2.75) is 13.5 Å². The van der Waals surface area contributed by atoms with Crippen LogP contribution in [0.5, 0.6) is 0 Å². The quantitative estimate of drug-likeness (QED) is 0.816. The minimum absolute atomic E-state index is 0.563. The van der Waals surface area contributed by atoms with Crippen LogP contribution in [0.2, 0.25) is 0 Å². The maximum Gasteiger partial charge on any atom is 0.0843 e. The second kappa shape index (κ2) is 3.90. The van der Waals surface area contributed by atoms with Gasteiger partial charge in [-0.3, -0.25) is 0 Å². The summed E-state index contributed by atoms with van der Waals surface area (Å²) >= 11 is 1.67. The Labute approximate surface area is 87.4 Å². The van der Waals surface area contributed by atoms with Gasteiger partial charge < -0.3 is 5.73 Å². The van der Waals surface area contributed by atoms with Crippen LogP contribution in [0.25, 0.3) is 11.3 Å². The fourth-order valence-corrected chi connectivity index (χ4v) is 2.08. The molecule has 0 amide bonds. The van der Waals surface area contributed by atoms with E-state index in [2.05, 4.69) is 18.0 Å². The number of benzene rings is 1. The maximum atomic E-state index is 5.68. The lowest BCUT2D eigenvalue weighted by Crippen LogP contribution is -1.98. The minimum Gasteiger partial charge on any atom is -0.326 e. The van der Waals surface area contributed by atoms with Crippen LogP contribution >= 0.6 is 11.3 Å². The summed E-state index contributed by atoms with van der Waals surface area (Å²) in [5.74, 6) is 0. The Morgan fingerprint density at radius 1 is 1.36 bits per heavy atom. The number of hydrogen-bond donors (Lipinski definition) is 1. The summed E-state index contributed by atoms with van der Waals surface area (Å²) in [4.78, 5) is 5.60. The zero-order valence-electron chi connectivity index (χ0n) is 8.03. The Hall–Kier alpha value is -1.19. The molecule has 0 aliphatic carbocycles. The SMILES string of the molecule is Cc1scnc1-c1ccccc1CN. The molecular weight excluding hydrogens is 192 g/mol. The number of nitrogens with zero attached hydrogens (tertiary/aromatic N) is 1. The molecule has 0 spiro atoms. The first-order valence-electron chi connectivity index (χ1n) is 4.51. The van der Waals surface area contributed by atoms with E-state index in [1.54, 1.807) is 11.3 Å². The fourth-order valence-electron chi connectivity index (χ4n) is 1.49. The summed E-state index contributed by atoms with van der Waals surface area (Å²) in [6, 6.07) is 8.15. The number of hydrogen-bond acceptors (Lipinski definition) is 3. The van der Waals surface area contributed by atoms with Gasteiger partial charge >= 0.3 is 0 Å². The lowest BCUT2D eigenvalue weighted by Gasteiger charge is -2.05. The predicted molar refractivity (Wildman–Crippen MR) is 60.2 cm³/mol. The van der Waals surface area contributed by atoms with Crippen LogP contribution in [0.3, 0.4) is 0 Å². The van der Waals surface area contributed by atoms with Crippen LogP contribution in [0.15, 0.2) is 29.8 Å². The van der Waals surface area contributed by atoms with Crippen LogP contribution in [-0.4, -0.2) is 4.98 Å². The van der Waals surface area contributed by atoms with Gasteiger partial charge in [0.2, 0.25) is 0 Å². The number of nitrogens with two attached hydrogens (primary N) is 1. The Balaban J connectivity index is 2.56. The molecular formula is C11H12N2S. The molecule has 0 atom stereocenters. The van der Waals surface area contributed by atoms with Gasteiger partial charge in [-0.05, 0) is 12.5 Å². The Morgan fingerprint density at radius 2 is 2.14 bits per heavy atom. The molecule has 2 nitrogen and oxygen atoms in total. The van der Waals surface area contributed by atoms with Crippen molar-refractivity contribution in [1.82, 2.24) is 4.98 Å². The first kappa shape index (κ1) is 9.37. The van der Waals surface area contributed by atoms with Crippen molar-refractivity contribution < 1.29 is 0 Å². The maximum absolute atomic E-state index is 5.68. The molecule has 0 bridgehead atoms. The van der Waals surface area contributed by atoms with Crippen molar-refractivity contribution >= 4 is 11.3 Å². The van der Waals surface area contributed by atoms with Crippen molar-refractivity contribution in [3.8, 4) is 11.3 Å². The van der Waals surface area contributed by atoms with Crippen molar-refractivity contribution in [2.24, 2.45) is 5.73 Å². The van der Waals surface area contributed by atoms with Gasteiger partial charge in [0.25, 0.3) is 0 Å². The van der Waals surface area contributed by atoms with Crippen LogP contribution in [0.4, 0.5) is 0 Å². The predicted octanol–water partition coefficient (Wildman–Crippen LogP) is 2.58. The van der Waals surface area contributed by atoms with E-state index in [1.165, 1.54) is 4.88 Å². The third-order valence-electron chi connectivity index (χ3n) is 2.24. The summed E-state index contributed by atoms with van der Waals surface area (Å²) in [6.07, 6.45) is 0. The minimum atomic E-state index is 0.563. The first-order valence-corrected chi connectivity index (χ1v) is 5.39. The highest BCUT2D eigenvalue weighted by Crippen LogP contribution is 2.27. The van der Waals surface area contributed by atoms with Crippen molar-refractivity contribution in [3.05, 3.63) is 40.2 Å². The second-order valence-corrected chi connectivity index (χ2v) is 4.18. The van der Waals surface area contributed by atoms with Crippen molar-refractivity contribution in [2.75, 3.05) is 0 Å². The molecule has 1 aromatic heterocycles. The summed E-state index contributed by atoms with van der Waals surface area (Å²) in [6.45, 7) is 2.65. The largest absolute Gasteiger partial charge is 0.326 e. The van der Waals surface area contributed by atoms with Crippen LogP contribution in [-0.2, 0) is 6.54 Å². The van der Waals surface area contributed by atoms with Gasteiger partial charge in [-0.25, -0.2) is 4.98 Å². The normalized spacial score (nSPS) is 10.4. The molecule has 2 rings (SSSR count). The van der Waals surface area contributed by atoms with E-state index in [-0.39, 0.29) is 0 Å². The smallest absolute Gasteiger partial charge is 0.0843 e. The summed E-state index contributed by atoms with van der Waals surface area (Å²) in [5, 5.41) is 0. The number of rotatable bonds is 2. The molecule has 0 aliphatic rings. The van der Waals surface area contributed by atoms with Gasteiger partial charge in [-0.15, -0.1) is 11.3 Å².